The van der Waals surface area contributed by atoms with E-state index in [1.165, 1.54) is 122 Å². The summed E-state index contributed by atoms with van der Waals surface area (Å²) in [5, 5.41) is 11.7. The molecule has 67 heavy (non-hydrogen) atoms. The molecular formula is C59H103NO7. The van der Waals surface area contributed by atoms with Gasteiger partial charge in [-0.1, -0.05) is 209 Å². The highest BCUT2D eigenvalue weighted by Crippen LogP contribution is 2.16. The zero-order valence-corrected chi connectivity index (χ0v) is 44.1. The van der Waals surface area contributed by atoms with E-state index < -0.39 is 18.1 Å². The maximum atomic E-state index is 12.8. The molecule has 8 nitrogen and oxygen atoms in total. The number of ether oxygens (including phenoxy) is 3. The van der Waals surface area contributed by atoms with Crippen LogP contribution in [-0.4, -0.2) is 75.5 Å². The van der Waals surface area contributed by atoms with Gasteiger partial charge in [0.05, 0.1) is 40.3 Å². The Kier molecular flexibility index (Phi) is 46.8. The molecule has 0 saturated heterocycles. The SMILES string of the molecule is CC/C=C/C/C=C/C/C=C/CCCCCCCCCCCCCCCC(=O)OCC(COCCC(C(=O)[O-])[N+](C)(C)C)OC(=O)CCCCCCCCCCCC/C=C/C/C=C/C/C=C/CC. The first-order valence-corrected chi connectivity index (χ1v) is 27.5. The molecule has 0 N–H and O–H groups in total. The molecule has 0 aliphatic carbocycles. The maximum absolute atomic E-state index is 12.8. The summed E-state index contributed by atoms with van der Waals surface area (Å²) in [7, 11) is 5.42. The Labute approximate surface area is 412 Å². The lowest BCUT2D eigenvalue weighted by molar-refractivity contribution is -0.889. The van der Waals surface area contributed by atoms with Crippen LogP contribution in [0.4, 0.5) is 0 Å². The molecule has 0 aliphatic rings. The number of aliphatic carboxylic acids is 1. The highest BCUT2D eigenvalue weighted by molar-refractivity contribution is 5.70. The van der Waals surface area contributed by atoms with Gasteiger partial charge in [-0.15, -0.1) is 0 Å². The number of unbranched alkanes of at least 4 members (excludes halogenated alkanes) is 23. The fourth-order valence-electron chi connectivity index (χ4n) is 7.93. The number of hydrogen-bond donors (Lipinski definition) is 0. The molecule has 0 aromatic heterocycles. The number of carbonyl (C=O) groups excluding carboxylic acids is 3. The smallest absolute Gasteiger partial charge is 0.306 e. The second-order valence-electron chi connectivity index (χ2n) is 19.4. The van der Waals surface area contributed by atoms with Gasteiger partial charge < -0.3 is 28.6 Å². The fourth-order valence-corrected chi connectivity index (χ4v) is 7.93. The predicted molar refractivity (Wildman–Crippen MR) is 282 cm³/mol. The number of carbonyl (C=O) groups is 3. The van der Waals surface area contributed by atoms with Crippen LogP contribution < -0.4 is 5.11 Å². The zero-order chi connectivity index (χ0) is 49.2. The Morgan fingerprint density at radius 2 is 0.791 bits per heavy atom. The number of carboxylic acid groups (broad SMARTS) is 1. The van der Waals surface area contributed by atoms with E-state index in [2.05, 4.69) is 86.8 Å². The monoisotopic (exact) mass is 938 g/mol. The summed E-state index contributed by atoms with van der Waals surface area (Å²) < 4.78 is 17.3. The normalized spacial score (nSPS) is 13.4. The molecule has 386 valence electrons. The van der Waals surface area contributed by atoms with Gasteiger partial charge in [-0.05, 0) is 77.0 Å². The third kappa shape index (κ3) is 47.6. The molecule has 2 unspecified atom stereocenters. The largest absolute Gasteiger partial charge is 0.544 e. The van der Waals surface area contributed by atoms with Crippen LogP contribution in [-0.2, 0) is 28.6 Å². The molecule has 2 atom stereocenters. The molecule has 0 spiro atoms. The molecule has 0 radical (unpaired) electrons. The molecule has 8 heteroatoms. The van der Waals surface area contributed by atoms with Gasteiger partial charge in [0.15, 0.2) is 6.10 Å². The van der Waals surface area contributed by atoms with Gasteiger partial charge in [0, 0.05) is 19.3 Å². The predicted octanol–water partition coefficient (Wildman–Crippen LogP) is 14.9. The average molecular weight is 938 g/mol. The number of nitrogens with zero attached hydrogens (tertiary/aromatic N) is 1. The van der Waals surface area contributed by atoms with Gasteiger partial charge in [-0.2, -0.15) is 0 Å². The van der Waals surface area contributed by atoms with Crippen molar-refractivity contribution >= 4 is 17.9 Å². The van der Waals surface area contributed by atoms with Crippen LogP contribution >= 0.6 is 0 Å². The van der Waals surface area contributed by atoms with Crippen LogP contribution in [0.5, 0.6) is 0 Å². The Balaban J connectivity index is 4.18. The molecule has 0 bridgehead atoms. The number of rotatable bonds is 49. The average Bonchev–Trinajstić information content (AvgIpc) is 3.29. The van der Waals surface area contributed by atoms with Crippen molar-refractivity contribution in [3.63, 3.8) is 0 Å². The second-order valence-corrected chi connectivity index (χ2v) is 19.4. The van der Waals surface area contributed by atoms with Crippen molar-refractivity contribution in [2.45, 2.75) is 244 Å². The molecule has 0 fully saturated rings. The minimum Gasteiger partial charge on any atom is -0.544 e. The Hall–Kier alpha value is -3.23. The first kappa shape index (κ1) is 63.8. The van der Waals surface area contributed by atoms with Crippen LogP contribution in [0.3, 0.4) is 0 Å². The van der Waals surface area contributed by atoms with Crippen molar-refractivity contribution in [3.8, 4) is 0 Å². The van der Waals surface area contributed by atoms with E-state index in [1.54, 1.807) is 21.1 Å². The lowest BCUT2D eigenvalue weighted by atomic mass is 10.0. The van der Waals surface area contributed by atoms with Crippen molar-refractivity contribution in [3.05, 3.63) is 72.9 Å². The first-order valence-electron chi connectivity index (χ1n) is 27.5. The number of carboxylic acids is 1. The number of likely N-dealkylation sites (N-methyl/N-ethyl adjacent to an activating group) is 1. The molecule has 0 aliphatic heterocycles. The molecule has 0 aromatic carbocycles. The van der Waals surface area contributed by atoms with Crippen molar-refractivity contribution in [2.75, 3.05) is 41.0 Å². The highest BCUT2D eigenvalue weighted by Gasteiger charge is 2.25. The van der Waals surface area contributed by atoms with E-state index in [9.17, 15) is 19.5 Å². The van der Waals surface area contributed by atoms with Crippen LogP contribution in [0.25, 0.3) is 0 Å². The zero-order valence-electron chi connectivity index (χ0n) is 44.1. The third-order valence-electron chi connectivity index (χ3n) is 12.1. The van der Waals surface area contributed by atoms with E-state index in [-0.39, 0.29) is 42.7 Å². The topological polar surface area (TPSA) is 102 Å². The molecule has 0 aromatic rings. The highest BCUT2D eigenvalue weighted by atomic mass is 16.6. The lowest BCUT2D eigenvalue weighted by Crippen LogP contribution is -2.55. The molecule has 0 saturated carbocycles. The molecule has 0 heterocycles. The first-order chi connectivity index (χ1) is 32.6. The summed E-state index contributed by atoms with van der Waals surface area (Å²) in [5.74, 6) is -1.74. The van der Waals surface area contributed by atoms with Crippen LogP contribution in [0.15, 0.2) is 72.9 Å². The van der Waals surface area contributed by atoms with Gasteiger partial charge in [0.2, 0.25) is 0 Å². The minimum atomic E-state index is -1.13. The van der Waals surface area contributed by atoms with Gasteiger partial charge in [0.1, 0.15) is 12.6 Å². The van der Waals surface area contributed by atoms with Crippen molar-refractivity contribution in [2.24, 2.45) is 0 Å². The van der Waals surface area contributed by atoms with E-state index in [0.717, 1.165) is 77.0 Å². The summed E-state index contributed by atoms with van der Waals surface area (Å²) in [6.07, 6.45) is 63.7. The Morgan fingerprint density at radius 3 is 1.16 bits per heavy atom. The summed E-state index contributed by atoms with van der Waals surface area (Å²) in [6, 6.07) is -0.730. The second kappa shape index (κ2) is 49.2. The van der Waals surface area contributed by atoms with Gasteiger partial charge >= 0.3 is 11.9 Å². The number of esters is 2. The third-order valence-corrected chi connectivity index (χ3v) is 12.1. The molecule has 0 rings (SSSR count). The van der Waals surface area contributed by atoms with Crippen LogP contribution in [0, 0.1) is 0 Å². The lowest BCUT2D eigenvalue weighted by Gasteiger charge is -2.34. The Bertz CT molecular complexity index is 1320. The Morgan fingerprint density at radius 1 is 0.448 bits per heavy atom. The van der Waals surface area contributed by atoms with Gasteiger partial charge in [0.25, 0.3) is 0 Å². The van der Waals surface area contributed by atoms with Gasteiger partial charge in [-0.25, -0.2) is 0 Å². The number of hydrogen-bond acceptors (Lipinski definition) is 7. The number of allylic oxidation sites excluding steroid dienone is 12. The summed E-state index contributed by atoms with van der Waals surface area (Å²) in [5.41, 5.74) is 0. The molecule has 0 amide bonds. The summed E-state index contributed by atoms with van der Waals surface area (Å²) in [6.45, 7) is 4.46. The summed E-state index contributed by atoms with van der Waals surface area (Å²) in [4.78, 5) is 37.1. The van der Waals surface area contributed by atoms with Crippen molar-refractivity contribution < 1.29 is 38.2 Å². The van der Waals surface area contributed by atoms with Gasteiger partial charge in [-0.3, -0.25) is 9.59 Å². The number of quaternary nitrogens is 1. The quantitative estimate of drug-likeness (QED) is 0.0259. The van der Waals surface area contributed by atoms with E-state index >= 15 is 0 Å². The van der Waals surface area contributed by atoms with E-state index in [4.69, 9.17) is 14.2 Å². The van der Waals surface area contributed by atoms with Crippen LogP contribution in [0.1, 0.15) is 232 Å². The summed E-state index contributed by atoms with van der Waals surface area (Å²) >= 11 is 0. The van der Waals surface area contributed by atoms with Crippen molar-refractivity contribution in [1.29, 1.82) is 0 Å². The maximum Gasteiger partial charge on any atom is 0.306 e. The van der Waals surface area contributed by atoms with E-state index in [1.807, 2.05) is 0 Å². The fraction of sp³-hybridized carbons (Fsp3) is 0.746. The van der Waals surface area contributed by atoms with Crippen molar-refractivity contribution in [1.82, 2.24) is 0 Å². The van der Waals surface area contributed by atoms with E-state index in [0.29, 0.717) is 12.8 Å². The molecular weight excluding hydrogens is 835 g/mol. The standard InChI is InChI=1S/C59H103NO7/c1-6-8-10-12-14-16-18-20-22-24-26-28-29-30-32-33-35-37-39-41-43-45-47-49-57(61)66-54-55(53-65-52-51-56(59(63)64)60(3,4)5)67-58(62)50-48-46-44-42-40-38-36-34-31-27-25-23-21-19-17-15-13-11-9-7-2/h8-11,14-17,20-23,55-56H,6-7,12-13,18-19,24-54H2,1-5H3/b10-8+,11-9+,16-14+,17-15+,22-20+,23-21+. The minimum absolute atomic E-state index is 0.0376. The van der Waals surface area contributed by atoms with Crippen LogP contribution in [0.2, 0.25) is 0 Å².